The van der Waals surface area contributed by atoms with Crippen molar-refractivity contribution < 1.29 is 51.0 Å². The number of hydrogen-bond donors (Lipinski definition) is 0. The molecular formula is C8H5OXe. The molecule has 0 atom stereocenters. The zero-order valence-corrected chi connectivity index (χ0v) is 7.17. The summed E-state index contributed by atoms with van der Waals surface area (Å²) in [5.41, 5.74) is 0.952. The molecule has 1 heterocycles. The van der Waals surface area contributed by atoms with E-state index in [1.165, 1.54) is 0.0314 Å². The Morgan fingerprint density at radius 1 is 1.20 bits per heavy atom. The quantitative estimate of drug-likeness (QED) is 0.690. The van der Waals surface area contributed by atoms with Gasteiger partial charge in [0.15, 0.2) is 0 Å². The van der Waals surface area contributed by atoms with Gasteiger partial charge in [0.25, 0.3) is 0 Å². The number of furan rings is 1. The van der Waals surface area contributed by atoms with Crippen LogP contribution >= 0.6 is 0 Å². The maximum absolute atomic E-state index is 5.17. The Morgan fingerprint density at radius 2 is 2.10 bits per heavy atom. The minimum atomic E-state index is 0.952. The standard InChI is InChI=1S/C8H5OXe/c10-7-1-2-8-6(5-7)3-4-9-8/h1-5H. The van der Waals surface area contributed by atoms with Crippen molar-refractivity contribution in [2.45, 2.75) is 0 Å². The number of benzene rings is 1. The molecule has 0 aliphatic carbocycles. The fourth-order valence-electron chi connectivity index (χ4n) is 0.932. The van der Waals surface area contributed by atoms with Gasteiger partial charge in [-0.05, 0) is 0 Å². The van der Waals surface area contributed by atoms with Crippen molar-refractivity contribution in [3.05, 3.63) is 30.5 Å². The summed E-state index contributed by atoms with van der Waals surface area (Å²) >= 11 is 2.56. The van der Waals surface area contributed by atoms with Gasteiger partial charge >= 0.3 is 92.5 Å². The zero-order chi connectivity index (χ0) is 6.97. The van der Waals surface area contributed by atoms with Gasteiger partial charge in [-0.2, -0.15) is 0 Å². The Hall–Kier alpha value is 0.331. The molecule has 1 radical (unpaired) electrons. The van der Waals surface area contributed by atoms with Crippen LogP contribution in [-0.4, -0.2) is 0 Å². The number of hydrogen-bond acceptors (Lipinski definition) is 1. The third-order valence-electron chi connectivity index (χ3n) is 1.41. The average molecular weight is 248 g/mol. The van der Waals surface area contributed by atoms with Crippen LogP contribution < -0.4 is 0.0314 Å². The first-order valence-electron chi connectivity index (χ1n) is 2.98. The predicted molar refractivity (Wildman–Crippen MR) is 35.8 cm³/mol. The molecule has 0 amide bonds. The van der Waals surface area contributed by atoms with Crippen LogP contribution in [0.3, 0.4) is 0 Å². The average Bonchev–Trinajstić information content (AvgIpc) is 2.33. The fourth-order valence-corrected chi connectivity index (χ4v) is 1.41. The first-order chi connectivity index (χ1) is 4.86. The molecule has 2 heteroatoms. The fraction of sp³-hybridized carbons (Fsp3) is 0. The second-order valence-electron chi connectivity index (χ2n) is 2.09. The molecule has 51 valence electrons. The molecule has 0 unspecified atom stereocenters. The topological polar surface area (TPSA) is 13.1 Å². The Morgan fingerprint density at radius 3 is 3.00 bits per heavy atom. The molecule has 2 aromatic rings. The van der Waals surface area contributed by atoms with Gasteiger partial charge in [-0.15, -0.1) is 0 Å². The molecule has 0 saturated carbocycles. The SMILES string of the molecule is [Xe]c1ccc2occc2c1. The molecule has 0 N–H and O–H groups in total. The van der Waals surface area contributed by atoms with Gasteiger partial charge in [0.2, 0.25) is 0 Å². The molecule has 1 nitrogen and oxygen atoms in total. The molecule has 0 saturated heterocycles. The molecule has 1 aromatic carbocycles. The summed E-state index contributed by atoms with van der Waals surface area (Å²) in [5.74, 6) is 0. The monoisotopic (exact) mass is 249 g/mol. The maximum atomic E-state index is 5.17. The summed E-state index contributed by atoms with van der Waals surface area (Å²) in [6, 6.07) is 8.03. The van der Waals surface area contributed by atoms with Crippen molar-refractivity contribution >= 4 is 11.0 Å². The number of rotatable bonds is 0. The van der Waals surface area contributed by atoms with Crippen LogP contribution in [-0.2, 0) is 0 Å². The summed E-state index contributed by atoms with van der Waals surface area (Å²) in [7, 11) is 0. The molecule has 0 aliphatic heterocycles. The van der Waals surface area contributed by atoms with Crippen molar-refractivity contribution in [1.82, 2.24) is 0 Å². The first-order valence-corrected chi connectivity index (χ1v) is 3.99. The van der Waals surface area contributed by atoms with Gasteiger partial charge in [-0.1, -0.05) is 0 Å². The Bertz CT molecular complexity index is 351. The van der Waals surface area contributed by atoms with Crippen molar-refractivity contribution in [3.8, 4) is 0 Å². The van der Waals surface area contributed by atoms with Gasteiger partial charge in [0.1, 0.15) is 0 Å². The predicted octanol–water partition coefficient (Wildman–Crippen LogP) is 1.61. The van der Waals surface area contributed by atoms with Crippen LogP contribution in [0.25, 0.3) is 11.0 Å². The van der Waals surface area contributed by atoms with Gasteiger partial charge < -0.3 is 0 Å². The summed E-state index contributed by atoms with van der Waals surface area (Å²) in [6.07, 6.45) is 1.70. The minimum absolute atomic E-state index is 0.952. The zero-order valence-electron chi connectivity index (χ0n) is 5.15. The van der Waals surface area contributed by atoms with Crippen molar-refractivity contribution in [1.29, 1.82) is 0 Å². The van der Waals surface area contributed by atoms with Gasteiger partial charge in [0.05, 0.1) is 0 Å². The third-order valence-corrected chi connectivity index (χ3v) is 2.03. The van der Waals surface area contributed by atoms with E-state index in [1.807, 2.05) is 18.2 Å². The van der Waals surface area contributed by atoms with Crippen molar-refractivity contribution in [2.24, 2.45) is 0 Å². The van der Waals surface area contributed by atoms with Gasteiger partial charge in [-0.3, -0.25) is 0 Å². The van der Waals surface area contributed by atoms with Crippen molar-refractivity contribution in [2.75, 3.05) is 0 Å². The second-order valence-corrected chi connectivity index (χ2v) is 3.25. The van der Waals surface area contributed by atoms with Crippen LogP contribution in [0.4, 0.5) is 0 Å². The van der Waals surface area contributed by atoms with E-state index in [0.29, 0.717) is 0 Å². The molecule has 2 rings (SSSR count). The Labute approximate surface area is 91.1 Å². The Kier molecular flexibility index (Phi) is 1.93. The molecular weight excluding hydrogens is 243 g/mol. The Balaban J connectivity index is 2.86. The summed E-state index contributed by atoms with van der Waals surface area (Å²) in [5, 5.41) is 1.16. The van der Waals surface area contributed by atoms with E-state index >= 15 is 0 Å². The van der Waals surface area contributed by atoms with Crippen LogP contribution in [0.15, 0.2) is 34.9 Å². The summed E-state index contributed by atoms with van der Waals surface area (Å²) in [6.45, 7) is 0. The van der Waals surface area contributed by atoms with Gasteiger partial charge in [0, 0.05) is 0 Å². The van der Waals surface area contributed by atoms with Crippen LogP contribution in [0.5, 0.6) is 0 Å². The van der Waals surface area contributed by atoms with E-state index in [1.54, 1.807) is 6.26 Å². The normalized spacial score (nSPS) is 10.5. The molecule has 10 heavy (non-hydrogen) atoms. The van der Waals surface area contributed by atoms with Crippen LogP contribution in [0, 0.1) is 46.5 Å². The summed E-state index contributed by atoms with van der Waals surface area (Å²) in [4.78, 5) is 0. The van der Waals surface area contributed by atoms with E-state index < -0.39 is 0 Å². The molecule has 1 aromatic heterocycles. The summed E-state index contributed by atoms with van der Waals surface area (Å²) < 4.78 is 6.37. The molecule has 0 aliphatic rings. The molecule has 0 spiro atoms. The van der Waals surface area contributed by atoms with E-state index in [2.05, 4.69) is 52.6 Å². The van der Waals surface area contributed by atoms with E-state index in [-0.39, 0.29) is 0 Å². The first kappa shape index (κ1) is 7.01. The molecule has 0 fully saturated rings. The van der Waals surface area contributed by atoms with Crippen molar-refractivity contribution in [3.63, 3.8) is 0 Å². The van der Waals surface area contributed by atoms with Gasteiger partial charge in [-0.25, -0.2) is 0 Å². The van der Waals surface area contributed by atoms with E-state index in [9.17, 15) is 0 Å². The van der Waals surface area contributed by atoms with Crippen LogP contribution in [0.1, 0.15) is 0 Å². The van der Waals surface area contributed by atoms with Crippen LogP contribution in [0.2, 0.25) is 0 Å². The third kappa shape index (κ3) is 1.20. The van der Waals surface area contributed by atoms with E-state index in [0.717, 1.165) is 11.0 Å². The second kappa shape index (κ2) is 2.76. The number of fused-ring (bicyclic) bond motifs is 1. The van der Waals surface area contributed by atoms with E-state index in [4.69, 9.17) is 4.42 Å². The molecule has 0 bridgehead atoms.